The Labute approximate surface area is 236 Å². The van der Waals surface area contributed by atoms with Crippen LogP contribution in [-0.4, -0.2) is 71.0 Å². The first-order chi connectivity index (χ1) is 19.6. The van der Waals surface area contributed by atoms with E-state index in [-0.39, 0.29) is 18.8 Å². The number of nitrogens with one attached hydrogen (secondary N) is 4. The molecule has 2 aromatic carbocycles. The van der Waals surface area contributed by atoms with Gasteiger partial charge >= 0.3 is 5.97 Å². The van der Waals surface area contributed by atoms with Gasteiger partial charge in [0, 0.05) is 36.5 Å². The second kappa shape index (κ2) is 15.0. The van der Waals surface area contributed by atoms with Crippen LogP contribution in [-0.2, 0) is 32.0 Å². The van der Waals surface area contributed by atoms with Crippen molar-refractivity contribution in [3.63, 3.8) is 0 Å². The number of nitrogens with two attached hydrogens (primary N) is 3. The minimum atomic E-state index is -1.24. The van der Waals surface area contributed by atoms with Gasteiger partial charge in [-0.15, -0.1) is 0 Å². The van der Waals surface area contributed by atoms with Crippen molar-refractivity contribution in [1.82, 2.24) is 20.9 Å². The lowest BCUT2D eigenvalue weighted by atomic mass is 10.0. The van der Waals surface area contributed by atoms with Crippen LogP contribution in [0.15, 0.2) is 65.8 Å². The fourth-order valence-corrected chi connectivity index (χ4v) is 4.25. The van der Waals surface area contributed by atoms with Gasteiger partial charge in [0.25, 0.3) is 0 Å². The Morgan fingerprint density at radius 2 is 1.61 bits per heavy atom. The average molecular weight is 565 g/mol. The first kappa shape index (κ1) is 30.6. The highest BCUT2D eigenvalue weighted by Crippen LogP contribution is 2.19. The number of aliphatic imine (C=N–C) groups is 1. The van der Waals surface area contributed by atoms with Crippen molar-refractivity contribution in [3.8, 4) is 0 Å². The number of fused-ring (bicyclic) bond motifs is 1. The third-order valence-corrected chi connectivity index (χ3v) is 6.38. The standard InChI is InChI=1S/C28H36N8O5/c29-20(10-6-12-32-28(30)31)25(38)34-16-24(37)35-22(13-17-7-2-1-3-8-17)26(39)36-23(27(40)41)14-18-15-33-21-11-5-4-9-19(18)21/h1-5,7-9,11,15,20,22-23,33H,6,10,12-14,16,29H2,(H,34,38)(H,35,37)(H,36,39)(H,40,41)(H4,30,31,32). The van der Waals surface area contributed by atoms with Gasteiger partial charge in [-0.3, -0.25) is 19.4 Å². The molecule has 3 unspecified atom stereocenters. The monoisotopic (exact) mass is 564 g/mol. The van der Waals surface area contributed by atoms with Gasteiger partial charge in [0.15, 0.2) is 5.96 Å². The summed E-state index contributed by atoms with van der Waals surface area (Å²) in [5.41, 5.74) is 18.7. The molecule has 218 valence electrons. The highest BCUT2D eigenvalue weighted by molar-refractivity contribution is 5.93. The molecule has 3 aromatic rings. The summed E-state index contributed by atoms with van der Waals surface area (Å²) in [5.74, 6) is -3.11. The zero-order valence-electron chi connectivity index (χ0n) is 22.5. The van der Waals surface area contributed by atoms with Crippen molar-refractivity contribution in [2.24, 2.45) is 22.2 Å². The Hall–Kier alpha value is -4.91. The van der Waals surface area contributed by atoms with Crippen LogP contribution in [0.3, 0.4) is 0 Å². The second-order valence-electron chi connectivity index (χ2n) is 9.55. The van der Waals surface area contributed by atoms with Crippen molar-refractivity contribution >= 4 is 40.6 Å². The first-order valence-electron chi connectivity index (χ1n) is 13.1. The van der Waals surface area contributed by atoms with Crippen LogP contribution in [0.1, 0.15) is 24.0 Å². The van der Waals surface area contributed by atoms with Crippen molar-refractivity contribution < 1.29 is 24.3 Å². The Balaban J connectivity index is 1.63. The Morgan fingerprint density at radius 1 is 0.902 bits per heavy atom. The van der Waals surface area contributed by atoms with Crippen molar-refractivity contribution in [1.29, 1.82) is 0 Å². The smallest absolute Gasteiger partial charge is 0.326 e. The van der Waals surface area contributed by atoms with Crippen LogP contribution in [0.5, 0.6) is 0 Å². The van der Waals surface area contributed by atoms with Crippen LogP contribution in [0.2, 0.25) is 0 Å². The van der Waals surface area contributed by atoms with Gasteiger partial charge in [0.2, 0.25) is 17.7 Å². The number of aliphatic carboxylic acids is 1. The van der Waals surface area contributed by atoms with Crippen LogP contribution in [0.25, 0.3) is 10.9 Å². The van der Waals surface area contributed by atoms with E-state index in [1.165, 1.54) is 0 Å². The second-order valence-corrected chi connectivity index (χ2v) is 9.55. The molecule has 13 heteroatoms. The largest absolute Gasteiger partial charge is 0.480 e. The molecule has 0 aliphatic heterocycles. The number of para-hydroxylation sites is 1. The van der Waals surface area contributed by atoms with E-state index in [1.807, 2.05) is 30.3 Å². The lowest BCUT2D eigenvalue weighted by molar-refractivity contribution is -0.142. The molecule has 0 aliphatic rings. The maximum atomic E-state index is 13.3. The number of guanidine groups is 1. The normalized spacial score (nSPS) is 13.0. The molecule has 0 bridgehead atoms. The van der Waals surface area contributed by atoms with E-state index in [9.17, 15) is 24.3 Å². The molecule has 1 heterocycles. The number of nitrogens with zero attached hydrogens (tertiary/aromatic N) is 1. The molecule has 3 rings (SSSR count). The van der Waals surface area contributed by atoms with E-state index in [1.54, 1.807) is 30.5 Å². The maximum Gasteiger partial charge on any atom is 0.326 e. The molecule has 0 radical (unpaired) electrons. The number of carbonyl (C=O) groups is 4. The summed E-state index contributed by atoms with van der Waals surface area (Å²) in [4.78, 5) is 57.3. The van der Waals surface area contributed by atoms with Crippen LogP contribution in [0.4, 0.5) is 0 Å². The zero-order chi connectivity index (χ0) is 29.8. The van der Waals surface area contributed by atoms with E-state index >= 15 is 0 Å². The summed E-state index contributed by atoms with van der Waals surface area (Å²) in [6.07, 6.45) is 2.63. The Kier molecular flexibility index (Phi) is 11.2. The van der Waals surface area contributed by atoms with E-state index in [4.69, 9.17) is 17.2 Å². The van der Waals surface area contributed by atoms with Gasteiger partial charge in [0.05, 0.1) is 12.6 Å². The third-order valence-electron chi connectivity index (χ3n) is 6.38. The number of aromatic nitrogens is 1. The summed E-state index contributed by atoms with van der Waals surface area (Å²) in [5, 5.41) is 18.3. The van der Waals surface area contributed by atoms with Crippen molar-refractivity contribution in [2.75, 3.05) is 13.1 Å². The number of hydrogen-bond donors (Lipinski definition) is 8. The molecule has 13 nitrogen and oxygen atoms in total. The summed E-state index contributed by atoms with van der Waals surface area (Å²) in [6.45, 7) is -0.103. The lowest BCUT2D eigenvalue weighted by Crippen LogP contribution is -2.54. The fourth-order valence-electron chi connectivity index (χ4n) is 4.25. The molecule has 41 heavy (non-hydrogen) atoms. The van der Waals surface area contributed by atoms with E-state index < -0.39 is 48.4 Å². The van der Waals surface area contributed by atoms with Crippen LogP contribution in [0, 0.1) is 0 Å². The fraction of sp³-hybridized carbons (Fsp3) is 0.321. The summed E-state index contributed by atoms with van der Waals surface area (Å²) < 4.78 is 0. The quantitative estimate of drug-likeness (QED) is 0.0680. The maximum absolute atomic E-state index is 13.3. The Bertz CT molecular complexity index is 1370. The molecule has 0 aliphatic carbocycles. The molecule has 1 aromatic heterocycles. The number of rotatable bonds is 15. The number of carboxylic acids is 1. The molecule has 0 saturated heterocycles. The van der Waals surface area contributed by atoms with Crippen LogP contribution >= 0.6 is 0 Å². The van der Waals surface area contributed by atoms with Gasteiger partial charge in [-0.05, 0) is 30.0 Å². The molecule has 0 spiro atoms. The lowest BCUT2D eigenvalue weighted by Gasteiger charge is -2.22. The van der Waals surface area contributed by atoms with Crippen molar-refractivity contribution in [2.45, 2.75) is 43.8 Å². The third kappa shape index (κ3) is 9.65. The minimum Gasteiger partial charge on any atom is -0.480 e. The summed E-state index contributed by atoms with van der Waals surface area (Å²) in [6, 6.07) is 13.2. The minimum absolute atomic E-state index is 0.0359. The van der Waals surface area contributed by atoms with E-state index in [0.717, 1.165) is 22.0 Å². The number of carboxylic acid groups (broad SMARTS) is 1. The highest BCUT2D eigenvalue weighted by Gasteiger charge is 2.28. The average Bonchev–Trinajstić information content (AvgIpc) is 3.36. The molecular weight excluding hydrogens is 528 g/mol. The van der Waals surface area contributed by atoms with Gasteiger partial charge in [-0.25, -0.2) is 4.79 Å². The van der Waals surface area contributed by atoms with Crippen LogP contribution < -0.4 is 33.2 Å². The molecule has 3 amide bonds. The molecule has 0 fully saturated rings. The predicted octanol–water partition coefficient (Wildman–Crippen LogP) is -0.496. The summed E-state index contributed by atoms with van der Waals surface area (Å²) >= 11 is 0. The molecule has 11 N–H and O–H groups in total. The zero-order valence-corrected chi connectivity index (χ0v) is 22.5. The molecular formula is C28H36N8O5. The van der Waals surface area contributed by atoms with Crippen molar-refractivity contribution in [3.05, 3.63) is 71.9 Å². The topological polar surface area (TPSA) is 231 Å². The number of benzene rings is 2. The summed E-state index contributed by atoms with van der Waals surface area (Å²) in [7, 11) is 0. The first-order valence-corrected chi connectivity index (χ1v) is 13.1. The Morgan fingerprint density at radius 3 is 2.32 bits per heavy atom. The highest BCUT2D eigenvalue weighted by atomic mass is 16.4. The van der Waals surface area contributed by atoms with Gasteiger partial charge < -0.3 is 43.2 Å². The van der Waals surface area contributed by atoms with E-state index in [2.05, 4.69) is 25.9 Å². The number of H-pyrrole nitrogens is 1. The van der Waals surface area contributed by atoms with Gasteiger partial charge in [-0.2, -0.15) is 0 Å². The number of amides is 3. The number of aromatic amines is 1. The number of hydrogen-bond acceptors (Lipinski definition) is 6. The molecule has 0 saturated carbocycles. The van der Waals surface area contributed by atoms with Gasteiger partial charge in [0.1, 0.15) is 12.1 Å². The SMILES string of the molecule is NC(N)=NCCCC(N)C(=O)NCC(=O)NC(Cc1ccccc1)C(=O)NC(Cc1c[nH]c2ccccc12)C(=O)O. The van der Waals surface area contributed by atoms with E-state index in [0.29, 0.717) is 19.4 Å². The number of carbonyl (C=O) groups excluding carboxylic acids is 3. The molecule has 3 atom stereocenters. The van der Waals surface area contributed by atoms with Gasteiger partial charge in [-0.1, -0.05) is 48.5 Å². The predicted molar refractivity (Wildman–Crippen MR) is 155 cm³/mol.